The van der Waals surface area contributed by atoms with Crippen molar-refractivity contribution in [3.05, 3.63) is 0 Å². The molecule has 1 amide bonds. The average molecular weight is 243 g/mol. The normalized spacial score (nSPS) is 20.9. The molecule has 0 saturated carbocycles. The number of hydrogen-bond acceptors (Lipinski definition) is 4. The van der Waals surface area contributed by atoms with Crippen LogP contribution < -0.4 is 10.6 Å². The molecule has 0 radical (unpaired) electrons. The molecule has 2 atom stereocenters. The lowest BCUT2D eigenvalue weighted by atomic mass is 10.2. The summed E-state index contributed by atoms with van der Waals surface area (Å²) in [6.07, 6.45) is 0. The molecule has 0 aromatic heterocycles. The van der Waals surface area contributed by atoms with Gasteiger partial charge >= 0.3 is 0 Å². The molecule has 0 aromatic carbocycles. The van der Waals surface area contributed by atoms with Crippen LogP contribution in [-0.2, 0) is 9.53 Å². The van der Waals surface area contributed by atoms with Crippen molar-refractivity contribution >= 4 is 5.91 Å². The van der Waals surface area contributed by atoms with E-state index in [1.165, 1.54) is 0 Å². The molecular formula is C12H25N3O2. The smallest absolute Gasteiger partial charge is 0.237 e. The maximum Gasteiger partial charge on any atom is 0.237 e. The molecule has 100 valence electrons. The highest BCUT2D eigenvalue weighted by Crippen LogP contribution is 2.01. The Morgan fingerprint density at radius 1 is 1.41 bits per heavy atom. The quantitative estimate of drug-likeness (QED) is 0.679. The number of piperazine rings is 1. The second kappa shape index (κ2) is 7.63. The number of rotatable bonds is 6. The monoisotopic (exact) mass is 243 g/mol. The zero-order valence-corrected chi connectivity index (χ0v) is 11.2. The number of ether oxygens (including phenoxy) is 1. The molecule has 2 N–H and O–H groups in total. The summed E-state index contributed by atoms with van der Waals surface area (Å²) < 4.78 is 5.28. The second-order valence-corrected chi connectivity index (χ2v) is 4.53. The zero-order chi connectivity index (χ0) is 12.7. The van der Waals surface area contributed by atoms with Gasteiger partial charge in [-0.25, -0.2) is 0 Å². The fourth-order valence-corrected chi connectivity index (χ4v) is 1.93. The van der Waals surface area contributed by atoms with Crippen molar-refractivity contribution in [1.29, 1.82) is 0 Å². The van der Waals surface area contributed by atoms with E-state index in [-0.39, 0.29) is 18.0 Å². The molecule has 17 heavy (non-hydrogen) atoms. The number of nitrogens with zero attached hydrogens (tertiary/aromatic N) is 1. The van der Waals surface area contributed by atoms with Crippen LogP contribution in [0.5, 0.6) is 0 Å². The van der Waals surface area contributed by atoms with Crippen LogP contribution in [-0.4, -0.2) is 62.3 Å². The fraction of sp³-hybridized carbons (Fsp3) is 0.917. The van der Waals surface area contributed by atoms with Gasteiger partial charge in [0, 0.05) is 38.8 Å². The molecule has 0 spiro atoms. The Bertz CT molecular complexity index is 230. The van der Waals surface area contributed by atoms with Crippen LogP contribution >= 0.6 is 0 Å². The third-order valence-electron chi connectivity index (χ3n) is 3.04. The van der Waals surface area contributed by atoms with Gasteiger partial charge in [-0.05, 0) is 20.8 Å². The molecule has 1 saturated heterocycles. The summed E-state index contributed by atoms with van der Waals surface area (Å²) in [6.45, 7) is 11.0. The number of hydrogen-bond donors (Lipinski definition) is 2. The van der Waals surface area contributed by atoms with Crippen molar-refractivity contribution in [1.82, 2.24) is 15.5 Å². The van der Waals surface area contributed by atoms with Crippen LogP contribution in [0.15, 0.2) is 0 Å². The maximum atomic E-state index is 12.0. The Kier molecular flexibility index (Phi) is 6.47. The molecule has 2 unspecified atom stereocenters. The third-order valence-corrected chi connectivity index (χ3v) is 3.04. The van der Waals surface area contributed by atoms with Crippen LogP contribution in [0, 0.1) is 0 Å². The summed E-state index contributed by atoms with van der Waals surface area (Å²) in [5.41, 5.74) is 0. The van der Waals surface area contributed by atoms with Crippen LogP contribution in [0.4, 0.5) is 0 Å². The minimum Gasteiger partial charge on any atom is -0.380 e. The molecular weight excluding hydrogens is 218 g/mol. The van der Waals surface area contributed by atoms with E-state index in [2.05, 4.69) is 15.5 Å². The van der Waals surface area contributed by atoms with E-state index in [1.807, 2.05) is 20.8 Å². The zero-order valence-electron chi connectivity index (χ0n) is 11.2. The van der Waals surface area contributed by atoms with Gasteiger partial charge in [0.25, 0.3) is 0 Å². The van der Waals surface area contributed by atoms with Gasteiger partial charge in [-0.1, -0.05) is 0 Å². The molecule has 5 heteroatoms. The van der Waals surface area contributed by atoms with Crippen molar-refractivity contribution in [3.8, 4) is 0 Å². The first kappa shape index (κ1) is 14.4. The third kappa shape index (κ3) is 5.02. The van der Waals surface area contributed by atoms with E-state index in [0.29, 0.717) is 13.2 Å². The Hall–Kier alpha value is -0.650. The van der Waals surface area contributed by atoms with Gasteiger partial charge in [-0.2, -0.15) is 0 Å². The molecule has 1 aliphatic rings. The van der Waals surface area contributed by atoms with Crippen molar-refractivity contribution in [2.24, 2.45) is 0 Å². The number of carbonyl (C=O) groups excluding carboxylic acids is 1. The first-order valence-electron chi connectivity index (χ1n) is 6.48. The summed E-state index contributed by atoms with van der Waals surface area (Å²) in [4.78, 5) is 14.2. The maximum absolute atomic E-state index is 12.0. The minimum absolute atomic E-state index is 0.0545. The highest BCUT2D eigenvalue weighted by atomic mass is 16.5. The summed E-state index contributed by atoms with van der Waals surface area (Å²) in [7, 11) is 0. The Morgan fingerprint density at radius 3 is 2.65 bits per heavy atom. The van der Waals surface area contributed by atoms with Crippen molar-refractivity contribution in [3.63, 3.8) is 0 Å². The molecule has 1 fully saturated rings. The lowest BCUT2D eigenvalue weighted by Crippen LogP contribution is -2.54. The van der Waals surface area contributed by atoms with Crippen LogP contribution in [0.3, 0.4) is 0 Å². The summed E-state index contributed by atoms with van der Waals surface area (Å²) >= 11 is 0. The van der Waals surface area contributed by atoms with E-state index in [0.717, 1.165) is 26.2 Å². The van der Waals surface area contributed by atoms with Gasteiger partial charge < -0.3 is 15.4 Å². The highest BCUT2D eigenvalue weighted by molar-refractivity contribution is 5.81. The van der Waals surface area contributed by atoms with Crippen LogP contribution in [0.1, 0.15) is 20.8 Å². The van der Waals surface area contributed by atoms with E-state index in [9.17, 15) is 4.79 Å². The standard InChI is InChI=1S/C12H25N3O2/c1-4-17-9-10(2)14-12(16)11(3)15-7-5-13-6-8-15/h10-11,13H,4-9H2,1-3H3,(H,14,16). The second-order valence-electron chi connectivity index (χ2n) is 4.53. The Balaban J connectivity index is 2.29. The summed E-state index contributed by atoms with van der Waals surface area (Å²) in [5, 5.41) is 6.27. The molecule has 5 nitrogen and oxygen atoms in total. The molecule has 0 aromatic rings. The molecule has 1 aliphatic heterocycles. The van der Waals surface area contributed by atoms with Gasteiger partial charge in [-0.15, -0.1) is 0 Å². The van der Waals surface area contributed by atoms with E-state index in [1.54, 1.807) is 0 Å². The largest absolute Gasteiger partial charge is 0.380 e. The number of nitrogens with one attached hydrogen (secondary N) is 2. The van der Waals surface area contributed by atoms with E-state index < -0.39 is 0 Å². The molecule has 0 bridgehead atoms. The lowest BCUT2D eigenvalue weighted by Gasteiger charge is -2.32. The van der Waals surface area contributed by atoms with Gasteiger partial charge in [0.05, 0.1) is 12.6 Å². The van der Waals surface area contributed by atoms with Crippen molar-refractivity contribution in [2.45, 2.75) is 32.9 Å². The summed E-state index contributed by atoms with van der Waals surface area (Å²) in [6, 6.07) is 0.0222. The predicted molar refractivity (Wildman–Crippen MR) is 68.0 cm³/mol. The Morgan fingerprint density at radius 2 is 2.06 bits per heavy atom. The molecule has 1 rings (SSSR count). The molecule has 1 heterocycles. The minimum atomic E-state index is -0.0545. The van der Waals surface area contributed by atoms with Gasteiger partial charge in [0.15, 0.2) is 0 Å². The number of carbonyl (C=O) groups is 1. The topological polar surface area (TPSA) is 53.6 Å². The van der Waals surface area contributed by atoms with Crippen LogP contribution in [0.25, 0.3) is 0 Å². The van der Waals surface area contributed by atoms with Gasteiger partial charge in [0.2, 0.25) is 5.91 Å². The first-order chi connectivity index (χ1) is 8.15. The average Bonchev–Trinajstić information content (AvgIpc) is 2.36. The van der Waals surface area contributed by atoms with Crippen LogP contribution in [0.2, 0.25) is 0 Å². The van der Waals surface area contributed by atoms with E-state index >= 15 is 0 Å². The first-order valence-corrected chi connectivity index (χ1v) is 6.48. The SMILES string of the molecule is CCOCC(C)NC(=O)C(C)N1CCNCC1. The predicted octanol–water partition coefficient (Wildman–Crippen LogP) is -0.179. The molecule has 0 aliphatic carbocycles. The highest BCUT2D eigenvalue weighted by Gasteiger charge is 2.23. The van der Waals surface area contributed by atoms with Crippen molar-refractivity contribution < 1.29 is 9.53 Å². The van der Waals surface area contributed by atoms with Gasteiger partial charge in [-0.3, -0.25) is 9.69 Å². The van der Waals surface area contributed by atoms with E-state index in [4.69, 9.17) is 4.74 Å². The summed E-state index contributed by atoms with van der Waals surface area (Å²) in [5.74, 6) is 0.0964. The Labute approximate surface area is 104 Å². The van der Waals surface area contributed by atoms with Gasteiger partial charge in [0.1, 0.15) is 0 Å². The lowest BCUT2D eigenvalue weighted by molar-refractivity contribution is -0.127. The fourth-order valence-electron chi connectivity index (χ4n) is 1.93. The number of amides is 1. The van der Waals surface area contributed by atoms with Crippen molar-refractivity contribution in [2.75, 3.05) is 39.4 Å².